The highest BCUT2D eigenvalue weighted by Gasteiger charge is 2.26. The second kappa shape index (κ2) is 5.85. The number of nitrogens with zero attached hydrogens (tertiary/aromatic N) is 3. The van der Waals surface area contributed by atoms with Crippen molar-refractivity contribution in [1.82, 2.24) is 14.3 Å². The first kappa shape index (κ1) is 14.1. The Morgan fingerprint density at radius 3 is 3.10 bits per heavy atom. The van der Waals surface area contributed by atoms with Gasteiger partial charge in [-0.3, -0.25) is 9.69 Å². The number of aromatic nitrogens is 2. The van der Waals surface area contributed by atoms with Crippen LogP contribution in [0.25, 0.3) is 5.65 Å². The summed E-state index contributed by atoms with van der Waals surface area (Å²) in [5.41, 5.74) is 3.23. The molecule has 1 atom stereocenters. The third-order valence-corrected chi connectivity index (χ3v) is 4.07. The molecule has 3 rings (SSSR count). The summed E-state index contributed by atoms with van der Waals surface area (Å²) in [5, 5.41) is 0. The maximum Gasteiger partial charge on any atom is 0.309 e. The number of fused-ring (bicyclic) bond motifs is 1. The van der Waals surface area contributed by atoms with Crippen molar-refractivity contribution in [3.63, 3.8) is 0 Å². The van der Waals surface area contributed by atoms with Gasteiger partial charge in [-0.1, -0.05) is 6.07 Å². The Hall–Kier alpha value is -1.88. The van der Waals surface area contributed by atoms with E-state index in [9.17, 15) is 4.79 Å². The number of carbonyl (C=O) groups is 1. The summed E-state index contributed by atoms with van der Waals surface area (Å²) in [7, 11) is 1.46. The molecule has 2 aromatic rings. The van der Waals surface area contributed by atoms with Gasteiger partial charge in [0.05, 0.1) is 18.7 Å². The van der Waals surface area contributed by atoms with Crippen LogP contribution in [-0.2, 0) is 16.1 Å². The molecular formula is C16H21N3O2. The van der Waals surface area contributed by atoms with Crippen molar-refractivity contribution in [2.24, 2.45) is 5.92 Å². The molecule has 112 valence electrons. The van der Waals surface area contributed by atoms with Gasteiger partial charge < -0.3 is 9.14 Å². The monoisotopic (exact) mass is 287 g/mol. The Morgan fingerprint density at radius 1 is 1.43 bits per heavy atom. The molecule has 0 aliphatic carbocycles. The molecular weight excluding hydrogens is 266 g/mol. The summed E-state index contributed by atoms with van der Waals surface area (Å²) >= 11 is 0. The summed E-state index contributed by atoms with van der Waals surface area (Å²) in [6.45, 7) is 4.64. The highest BCUT2D eigenvalue weighted by Crippen LogP contribution is 2.19. The smallest absolute Gasteiger partial charge is 0.309 e. The van der Waals surface area contributed by atoms with Crippen molar-refractivity contribution in [2.75, 3.05) is 20.2 Å². The lowest BCUT2D eigenvalue weighted by molar-refractivity contribution is -0.147. The molecule has 1 aliphatic heterocycles. The molecule has 0 bridgehead atoms. The second-order valence-electron chi connectivity index (χ2n) is 5.80. The molecule has 0 unspecified atom stereocenters. The van der Waals surface area contributed by atoms with Gasteiger partial charge in [0.25, 0.3) is 0 Å². The maximum absolute atomic E-state index is 11.7. The van der Waals surface area contributed by atoms with Crippen LogP contribution in [0.2, 0.25) is 0 Å². The third kappa shape index (κ3) is 3.08. The largest absolute Gasteiger partial charge is 0.469 e. The Balaban J connectivity index is 1.71. The molecule has 1 saturated heterocycles. The second-order valence-corrected chi connectivity index (χ2v) is 5.80. The molecule has 0 spiro atoms. The number of methoxy groups -OCH3 is 1. The van der Waals surface area contributed by atoms with Gasteiger partial charge in [-0.25, -0.2) is 4.98 Å². The minimum atomic E-state index is -0.0923. The SMILES string of the molecule is COC(=O)[C@H]1CCCN(Cc2cn3cc(C)ccc3n2)C1. The molecule has 0 aromatic carbocycles. The molecule has 0 saturated carbocycles. The predicted molar refractivity (Wildman–Crippen MR) is 79.9 cm³/mol. The Morgan fingerprint density at radius 2 is 2.29 bits per heavy atom. The average Bonchev–Trinajstić information content (AvgIpc) is 2.88. The van der Waals surface area contributed by atoms with E-state index in [1.165, 1.54) is 12.7 Å². The van der Waals surface area contributed by atoms with Crippen LogP contribution in [-0.4, -0.2) is 40.5 Å². The Labute approximate surface area is 124 Å². The van der Waals surface area contributed by atoms with Gasteiger partial charge in [0.1, 0.15) is 5.65 Å². The number of ether oxygens (including phenoxy) is 1. The molecule has 3 heterocycles. The van der Waals surface area contributed by atoms with E-state index in [4.69, 9.17) is 4.74 Å². The van der Waals surface area contributed by atoms with Crippen LogP contribution >= 0.6 is 0 Å². The third-order valence-electron chi connectivity index (χ3n) is 4.07. The van der Waals surface area contributed by atoms with Crippen LogP contribution in [0.1, 0.15) is 24.1 Å². The fraction of sp³-hybridized carbons (Fsp3) is 0.500. The number of likely N-dealkylation sites (tertiary alicyclic amines) is 1. The van der Waals surface area contributed by atoms with E-state index in [0.29, 0.717) is 0 Å². The topological polar surface area (TPSA) is 46.8 Å². The summed E-state index contributed by atoms with van der Waals surface area (Å²) in [5.74, 6) is -0.0895. The van der Waals surface area contributed by atoms with Gasteiger partial charge in [0, 0.05) is 25.5 Å². The van der Waals surface area contributed by atoms with Crippen molar-refractivity contribution in [1.29, 1.82) is 0 Å². The van der Waals surface area contributed by atoms with Crippen LogP contribution in [0.5, 0.6) is 0 Å². The first-order valence-electron chi connectivity index (χ1n) is 7.40. The van der Waals surface area contributed by atoms with E-state index in [0.717, 1.165) is 43.8 Å². The highest BCUT2D eigenvalue weighted by molar-refractivity contribution is 5.72. The first-order valence-corrected chi connectivity index (χ1v) is 7.40. The number of carbonyl (C=O) groups excluding carboxylic acids is 1. The van der Waals surface area contributed by atoms with Crippen LogP contribution in [0.3, 0.4) is 0 Å². The number of aryl methyl sites for hydroxylation is 1. The molecule has 1 fully saturated rings. The zero-order valence-electron chi connectivity index (χ0n) is 12.6. The summed E-state index contributed by atoms with van der Waals surface area (Å²) in [6.07, 6.45) is 6.11. The van der Waals surface area contributed by atoms with Crippen molar-refractivity contribution in [3.8, 4) is 0 Å². The lowest BCUT2D eigenvalue weighted by Crippen LogP contribution is -2.38. The fourth-order valence-electron chi connectivity index (χ4n) is 3.02. The molecule has 0 radical (unpaired) electrons. The first-order chi connectivity index (χ1) is 10.2. The fourth-order valence-corrected chi connectivity index (χ4v) is 3.02. The number of piperidine rings is 1. The van der Waals surface area contributed by atoms with Crippen LogP contribution in [0.15, 0.2) is 24.5 Å². The maximum atomic E-state index is 11.7. The highest BCUT2D eigenvalue weighted by atomic mass is 16.5. The van der Waals surface area contributed by atoms with Crippen molar-refractivity contribution in [2.45, 2.75) is 26.3 Å². The van der Waals surface area contributed by atoms with E-state index < -0.39 is 0 Å². The molecule has 5 heteroatoms. The normalized spacial score (nSPS) is 19.8. The quantitative estimate of drug-likeness (QED) is 0.810. The number of pyridine rings is 1. The van der Waals surface area contributed by atoms with E-state index in [1.807, 2.05) is 6.07 Å². The van der Waals surface area contributed by atoms with E-state index in [-0.39, 0.29) is 11.9 Å². The Kier molecular flexibility index (Phi) is 3.92. The molecule has 0 amide bonds. The minimum Gasteiger partial charge on any atom is -0.469 e. The Bertz CT molecular complexity index is 650. The number of esters is 1. The number of hydrogen-bond donors (Lipinski definition) is 0. The molecule has 21 heavy (non-hydrogen) atoms. The zero-order valence-corrected chi connectivity index (χ0v) is 12.6. The summed E-state index contributed by atoms with van der Waals surface area (Å²) < 4.78 is 6.93. The molecule has 0 N–H and O–H groups in total. The van der Waals surface area contributed by atoms with Gasteiger partial charge in [0.2, 0.25) is 0 Å². The summed E-state index contributed by atoms with van der Waals surface area (Å²) in [6, 6.07) is 4.10. The number of hydrogen-bond acceptors (Lipinski definition) is 4. The van der Waals surface area contributed by atoms with E-state index in [2.05, 4.69) is 39.7 Å². The van der Waals surface area contributed by atoms with Gasteiger partial charge in [0.15, 0.2) is 0 Å². The van der Waals surface area contributed by atoms with Crippen molar-refractivity contribution >= 4 is 11.6 Å². The van der Waals surface area contributed by atoms with Gasteiger partial charge in [-0.15, -0.1) is 0 Å². The average molecular weight is 287 g/mol. The molecule has 5 nitrogen and oxygen atoms in total. The molecule has 2 aromatic heterocycles. The van der Waals surface area contributed by atoms with Gasteiger partial charge in [-0.2, -0.15) is 0 Å². The zero-order chi connectivity index (χ0) is 14.8. The predicted octanol–water partition coefficient (Wildman–Crippen LogP) is 2.03. The van der Waals surface area contributed by atoms with Crippen LogP contribution in [0, 0.1) is 12.8 Å². The van der Waals surface area contributed by atoms with Crippen LogP contribution in [0.4, 0.5) is 0 Å². The van der Waals surface area contributed by atoms with Crippen molar-refractivity contribution < 1.29 is 9.53 Å². The van der Waals surface area contributed by atoms with Gasteiger partial charge in [-0.05, 0) is 37.9 Å². The molecule has 1 aliphatic rings. The lowest BCUT2D eigenvalue weighted by atomic mass is 9.98. The van der Waals surface area contributed by atoms with E-state index >= 15 is 0 Å². The number of rotatable bonds is 3. The van der Waals surface area contributed by atoms with Gasteiger partial charge >= 0.3 is 5.97 Å². The number of imidazole rings is 1. The van der Waals surface area contributed by atoms with Crippen LogP contribution < -0.4 is 0 Å². The lowest BCUT2D eigenvalue weighted by Gasteiger charge is -2.30. The summed E-state index contributed by atoms with van der Waals surface area (Å²) in [4.78, 5) is 18.6. The van der Waals surface area contributed by atoms with Crippen molar-refractivity contribution in [3.05, 3.63) is 35.8 Å². The standard InChI is InChI=1S/C16H21N3O2/c1-12-5-6-15-17-14(11-19(15)8-12)10-18-7-3-4-13(9-18)16(20)21-2/h5-6,8,11,13H,3-4,7,9-10H2,1-2H3/t13-/m0/s1. The van der Waals surface area contributed by atoms with E-state index in [1.54, 1.807) is 0 Å². The minimum absolute atomic E-state index is 0.00280.